The number of halogens is 2. The highest BCUT2D eigenvalue weighted by Gasteiger charge is 2.01. The summed E-state index contributed by atoms with van der Waals surface area (Å²) in [6.07, 6.45) is 0. The SMILES string of the molecule is COCCn1nc(Br)cc1Br. The maximum absolute atomic E-state index is 4.91. The maximum Gasteiger partial charge on any atom is 0.129 e. The van der Waals surface area contributed by atoms with Gasteiger partial charge in [-0.15, -0.1) is 0 Å². The largest absolute Gasteiger partial charge is 0.383 e. The molecule has 0 bridgehead atoms. The van der Waals surface area contributed by atoms with Gasteiger partial charge in [-0.25, -0.2) is 0 Å². The minimum absolute atomic E-state index is 0.673. The molecule has 1 aromatic heterocycles. The molecule has 5 heteroatoms. The molecule has 0 radical (unpaired) electrons. The first-order chi connectivity index (χ1) is 5.24. The highest BCUT2D eigenvalue weighted by Crippen LogP contribution is 2.15. The lowest BCUT2D eigenvalue weighted by atomic mass is 10.7. The summed E-state index contributed by atoms with van der Waals surface area (Å²) in [5, 5.41) is 4.15. The molecular weight excluding hydrogens is 276 g/mol. The van der Waals surface area contributed by atoms with Gasteiger partial charge in [0.2, 0.25) is 0 Å². The van der Waals surface area contributed by atoms with Crippen LogP contribution in [0.4, 0.5) is 0 Å². The smallest absolute Gasteiger partial charge is 0.129 e. The van der Waals surface area contributed by atoms with Crippen molar-refractivity contribution in [1.29, 1.82) is 0 Å². The Bertz CT molecular complexity index is 236. The third kappa shape index (κ3) is 2.57. The lowest BCUT2D eigenvalue weighted by Gasteiger charge is -2.00. The van der Waals surface area contributed by atoms with Crippen LogP contribution in [-0.2, 0) is 11.3 Å². The molecule has 0 amide bonds. The van der Waals surface area contributed by atoms with E-state index < -0.39 is 0 Å². The molecule has 1 aromatic rings. The molecule has 1 rings (SSSR count). The van der Waals surface area contributed by atoms with E-state index in [0.717, 1.165) is 15.8 Å². The van der Waals surface area contributed by atoms with Gasteiger partial charge < -0.3 is 4.74 Å². The zero-order valence-corrected chi connectivity index (χ0v) is 9.22. The van der Waals surface area contributed by atoms with Crippen molar-refractivity contribution in [2.75, 3.05) is 13.7 Å². The summed E-state index contributed by atoms with van der Waals surface area (Å²) in [5.74, 6) is 0. The maximum atomic E-state index is 4.91. The van der Waals surface area contributed by atoms with E-state index in [1.54, 1.807) is 7.11 Å². The van der Waals surface area contributed by atoms with Gasteiger partial charge in [-0.05, 0) is 31.9 Å². The fourth-order valence-corrected chi connectivity index (χ4v) is 1.89. The fourth-order valence-electron chi connectivity index (χ4n) is 0.699. The van der Waals surface area contributed by atoms with E-state index in [-0.39, 0.29) is 0 Å². The minimum Gasteiger partial charge on any atom is -0.383 e. The minimum atomic E-state index is 0.673. The third-order valence-electron chi connectivity index (χ3n) is 1.21. The monoisotopic (exact) mass is 282 g/mol. The molecule has 0 aliphatic rings. The molecule has 0 fully saturated rings. The molecule has 1 heterocycles. The number of methoxy groups -OCH3 is 1. The van der Waals surface area contributed by atoms with Crippen molar-refractivity contribution in [2.45, 2.75) is 6.54 Å². The fraction of sp³-hybridized carbons (Fsp3) is 0.500. The van der Waals surface area contributed by atoms with Crippen molar-refractivity contribution in [1.82, 2.24) is 9.78 Å². The summed E-state index contributed by atoms with van der Waals surface area (Å²) in [6.45, 7) is 1.44. The van der Waals surface area contributed by atoms with Crippen molar-refractivity contribution in [3.05, 3.63) is 15.3 Å². The second kappa shape index (κ2) is 4.23. The average Bonchev–Trinajstić information content (AvgIpc) is 2.26. The van der Waals surface area contributed by atoms with Gasteiger partial charge in [0.1, 0.15) is 9.21 Å². The topological polar surface area (TPSA) is 27.1 Å². The second-order valence-electron chi connectivity index (χ2n) is 2.01. The number of rotatable bonds is 3. The van der Waals surface area contributed by atoms with Gasteiger partial charge in [0, 0.05) is 13.2 Å². The zero-order chi connectivity index (χ0) is 8.27. The molecule has 0 aliphatic heterocycles. The third-order valence-corrected chi connectivity index (χ3v) is 2.23. The quantitative estimate of drug-likeness (QED) is 0.849. The summed E-state index contributed by atoms with van der Waals surface area (Å²) >= 11 is 6.63. The summed E-state index contributed by atoms with van der Waals surface area (Å²) in [6, 6.07) is 1.90. The molecule has 0 saturated heterocycles. The standard InChI is InChI=1S/C6H8Br2N2O/c1-11-3-2-10-6(8)4-5(7)9-10/h4H,2-3H2,1H3. The highest BCUT2D eigenvalue weighted by atomic mass is 79.9. The lowest BCUT2D eigenvalue weighted by molar-refractivity contribution is 0.182. The van der Waals surface area contributed by atoms with Gasteiger partial charge in [0.05, 0.1) is 13.2 Å². The Morgan fingerprint density at radius 1 is 1.64 bits per heavy atom. The average molecular weight is 284 g/mol. The molecular formula is C6H8Br2N2O. The summed E-state index contributed by atoms with van der Waals surface area (Å²) in [5.41, 5.74) is 0. The summed E-state index contributed by atoms with van der Waals surface area (Å²) in [7, 11) is 1.67. The molecule has 62 valence electrons. The molecule has 0 aliphatic carbocycles. The number of aromatic nitrogens is 2. The summed E-state index contributed by atoms with van der Waals surface area (Å²) in [4.78, 5) is 0. The Balaban J connectivity index is 2.62. The molecule has 0 aromatic carbocycles. The van der Waals surface area contributed by atoms with Gasteiger partial charge in [0.25, 0.3) is 0 Å². The van der Waals surface area contributed by atoms with Crippen molar-refractivity contribution >= 4 is 31.9 Å². The van der Waals surface area contributed by atoms with E-state index in [1.807, 2.05) is 10.7 Å². The van der Waals surface area contributed by atoms with Crippen LogP contribution in [0.15, 0.2) is 15.3 Å². The van der Waals surface area contributed by atoms with Crippen molar-refractivity contribution in [3.8, 4) is 0 Å². The van der Waals surface area contributed by atoms with Crippen LogP contribution in [-0.4, -0.2) is 23.5 Å². The Morgan fingerprint density at radius 2 is 2.36 bits per heavy atom. The second-order valence-corrected chi connectivity index (χ2v) is 3.63. The van der Waals surface area contributed by atoms with Crippen LogP contribution in [0.2, 0.25) is 0 Å². The van der Waals surface area contributed by atoms with E-state index in [2.05, 4.69) is 37.0 Å². The van der Waals surface area contributed by atoms with Crippen molar-refractivity contribution < 1.29 is 4.74 Å². The lowest BCUT2D eigenvalue weighted by Crippen LogP contribution is -2.05. The molecule has 0 N–H and O–H groups in total. The van der Waals surface area contributed by atoms with Crippen molar-refractivity contribution in [3.63, 3.8) is 0 Å². The van der Waals surface area contributed by atoms with Crippen LogP contribution in [0.5, 0.6) is 0 Å². The van der Waals surface area contributed by atoms with E-state index in [0.29, 0.717) is 6.61 Å². The summed E-state index contributed by atoms with van der Waals surface area (Å²) < 4.78 is 8.53. The Kier molecular flexibility index (Phi) is 3.54. The van der Waals surface area contributed by atoms with E-state index >= 15 is 0 Å². The van der Waals surface area contributed by atoms with Crippen LogP contribution in [0.3, 0.4) is 0 Å². The van der Waals surface area contributed by atoms with Crippen LogP contribution in [0, 0.1) is 0 Å². The first kappa shape index (κ1) is 9.22. The van der Waals surface area contributed by atoms with Gasteiger partial charge in [-0.2, -0.15) is 5.10 Å². The first-order valence-electron chi connectivity index (χ1n) is 3.12. The van der Waals surface area contributed by atoms with Gasteiger partial charge in [-0.3, -0.25) is 4.68 Å². The molecule has 0 unspecified atom stereocenters. The van der Waals surface area contributed by atoms with Crippen LogP contribution < -0.4 is 0 Å². The van der Waals surface area contributed by atoms with Crippen LogP contribution in [0.1, 0.15) is 0 Å². The first-order valence-corrected chi connectivity index (χ1v) is 4.70. The van der Waals surface area contributed by atoms with Gasteiger partial charge >= 0.3 is 0 Å². The Labute approximate surface area is 82.0 Å². The van der Waals surface area contributed by atoms with E-state index in [9.17, 15) is 0 Å². The number of hydrogen-bond donors (Lipinski definition) is 0. The number of nitrogens with zero attached hydrogens (tertiary/aromatic N) is 2. The number of ether oxygens (including phenoxy) is 1. The highest BCUT2D eigenvalue weighted by molar-refractivity contribution is 9.11. The van der Waals surface area contributed by atoms with Gasteiger partial charge in [0.15, 0.2) is 0 Å². The molecule has 3 nitrogen and oxygen atoms in total. The predicted octanol–water partition coefficient (Wildman–Crippen LogP) is 2.05. The number of hydrogen-bond acceptors (Lipinski definition) is 2. The van der Waals surface area contributed by atoms with Crippen LogP contribution in [0.25, 0.3) is 0 Å². The normalized spacial score (nSPS) is 10.5. The Morgan fingerprint density at radius 3 is 2.82 bits per heavy atom. The Hall–Kier alpha value is 0.130. The van der Waals surface area contributed by atoms with E-state index in [4.69, 9.17) is 4.74 Å². The van der Waals surface area contributed by atoms with Crippen LogP contribution >= 0.6 is 31.9 Å². The van der Waals surface area contributed by atoms with Gasteiger partial charge in [-0.1, -0.05) is 0 Å². The molecule has 11 heavy (non-hydrogen) atoms. The predicted molar refractivity (Wildman–Crippen MR) is 49.5 cm³/mol. The zero-order valence-electron chi connectivity index (χ0n) is 6.05. The molecule has 0 atom stereocenters. The molecule has 0 saturated carbocycles. The van der Waals surface area contributed by atoms with E-state index in [1.165, 1.54) is 0 Å². The molecule has 0 spiro atoms. The van der Waals surface area contributed by atoms with Crippen molar-refractivity contribution in [2.24, 2.45) is 0 Å².